The number of fused-ring (bicyclic) bond motifs is 3. The number of methoxy groups -OCH3 is 1. The zero-order valence-electron chi connectivity index (χ0n) is 17.0. The molecule has 0 bridgehead atoms. The fourth-order valence-corrected chi connectivity index (χ4v) is 4.26. The van der Waals surface area contributed by atoms with Crippen molar-refractivity contribution < 1.29 is 23.9 Å². The van der Waals surface area contributed by atoms with Crippen molar-refractivity contribution in [3.8, 4) is 5.75 Å². The number of carbonyl (C=O) groups excluding carboxylic acids is 4. The average molecular weight is 423 g/mol. The Hall–Kier alpha value is -4.32. The number of para-hydroxylation sites is 1. The van der Waals surface area contributed by atoms with Crippen LogP contribution < -0.4 is 10.1 Å². The first-order valence-corrected chi connectivity index (χ1v) is 10.0. The Balaban J connectivity index is 1.76. The minimum absolute atomic E-state index is 0.0861. The lowest BCUT2D eigenvalue weighted by Crippen LogP contribution is -2.35. The van der Waals surface area contributed by atoms with Crippen molar-refractivity contribution in [2.24, 2.45) is 5.92 Å². The number of hydrogen-bond acceptors (Lipinski definition) is 5. The summed E-state index contributed by atoms with van der Waals surface area (Å²) < 4.78 is 5.14. The van der Waals surface area contributed by atoms with Crippen LogP contribution in [0.4, 0.5) is 5.69 Å². The predicted molar refractivity (Wildman–Crippen MR) is 118 cm³/mol. The fourth-order valence-electron chi connectivity index (χ4n) is 4.26. The molecule has 32 heavy (non-hydrogen) atoms. The number of ketones is 3. The maximum Gasteiger partial charge on any atom is 0.240 e. The van der Waals surface area contributed by atoms with Gasteiger partial charge in [-0.1, -0.05) is 42.5 Å². The van der Waals surface area contributed by atoms with E-state index in [4.69, 9.17) is 4.74 Å². The van der Waals surface area contributed by atoms with E-state index in [0.29, 0.717) is 17.0 Å². The van der Waals surface area contributed by atoms with Crippen molar-refractivity contribution in [2.45, 2.75) is 0 Å². The molecular formula is C26H17NO5. The topological polar surface area (TPSA) is 89.5 Å². The highest BCUT2D eigenvalue weighted by Crippen LogP contribution is 2.41. The van der Waals surface area contributed by atoms with E-state index >= 15 is 0 Å². The van der Waals surface area contributed by atoms with Crippen LogP contribution >= 0.6 is 0 Å². The first-order chi connectivity index (χ1) is 15.5. The second kappa shape index (κ2) is 7.42. The third-order valence-corrected chi connectivity index (χ3v) is 5.80. The Labute approximate surface area is 183 Å². The maximum atomic E-state index is 13.6. The van der Waals surface area contributed by atoms with Crippen LogP contribution in [0.5, 0.6) is 5.75 Å². The summed E-state index contributed by atoms with van der Waals surface area (Å²) in [7, 11) is 1.51. The highest BCUT2D eigenvalue weighted by atomic mass is 16.5. The van der Waals surface area contributed by atoms with Gasteiger partial charge in [-0.05, 0) is 30.3 Å². The molecule has 1 atom stereocenters. The molecule has 3 aromatic carbocycles. The summed E-state index contributed by atoms with van der Waals surface area (Å²) >= 11 is 0. The third kappa shape index (κ3) is 2.88. The summed E-state index contributed by atoms with van der Waals surface area (Å²) in [5.41, 5.74) is 1.51. The van der Waals surface area contributed by atoms with Gasteiger partial charge >= 0.3 is 0 Å². The van der Waals surface area contributed by atoms with E-state index < -0.39 is 23.4 Å². The molecule has 156 valence electrons. The lowest BCUT2D eigenvalue weighted by Gasteiger charge is -2.23. The fraction of sp³-hybridized carbons (Fsp3) is 0.0769. The van der Waals surface area contributed by atoms with Gasteiger partial charge in [-0.15, -0.1) is 0 Å². The van der Waals surface area contributed by atoms with Crippen LogP contribution in [0, 0.1) is 5.92 Å². The van der Waals surface area contributed by atoms with Crippen molar-refractivity contribution in [3.05, 3.63) is 101 Å². The Morgan fingerprint density at radius 2 is 1.38 bits per heavy atom. The predicted octanol–water partition coefficient (Wildman–Crippen LogP) is 3.98. The summed E-state index contributed by atoms with van der Waals surface area (Å²) in [5, 5.41) is 2.74. The lowest BCUT2D eigenvalue weighted by molar-refractivity contribution is -0.117. The van der Waals surface area contributed by atoms with Crippen LogP contribution in [0.1, 0.15) is 36.6 Å². The number of hydrogen-bond donors (Lipinski definition) is 1. The number of nitrogens with one attached hydrogen (secondary N) is 1. The molecule has 0 fully saturated rings. The SMILES string of the molecule is COc1ccc(C(=O)[C@H]2C(=O)Nc3ccccc3C3=C2C(=O)c2ccccc2C3=O)cc1. The number of anilines is 1. The van der Waals surface area contributed by atoms with E-state index in [1.807, 2.05) is 0 Å². The number of carbonyl (C=O) groups is 4. The summed E-state index contributed by atoms with van der Waals surface area (Å²) in [4.78, 5) is 53.9. The zero-order valence-corrected chi connectivity index (χ0v) is 17.0. The quantitative estimate of drug-likeness (QED) is 0.508. The van der Waals surface area contributed by atoms with Crippen molar-refractivity contribution >= 4 is 34.5 Å². The van der Waals surface area contributed by atoms with Gasteiger partial charge in [0.15, 0.2) is 17.3 Å². The molecular weight excluding hydrogens is 406 g/mol. The van der Waals surface area contributed by atoms with E-state index in [1.54, 1.807) is 60.7 Å². The molecule has 0 saturated carbocycles. The minimum atomic E-state index is -1.46. The third-order valence-electron chi connectivity index (χ3n) is 5.80. The van der Waals surface area contributed by atoms with Gasteiger partial charge in [0.25, 0.3) is 0 Å². The normalized spacial score (nSPS) is 17.0. The maximum absolute atomic E-state index is 13.6. The second-order valence-electron chi connectivity index (χ2n) is 7.55. The Kier molecular flexibility index (Phi) is 4.56. The molecule has 2 aliphatic rings. The molecule has 0 radical (unpaired) electrons. The number of Topliss-reactive ketones (excluding diaryl/α,β-unsaturated/α-hetero) is 3. The summed E-state index contributed by atoms with van der Waals surface area (Å²) in [6, 6.07) is 19.5. The summed E-state index contributed by atoms with van der Waals surface area (Å²) in [5.74, 6) is -3.00. The summed E-state index contributed by atoms with van der Waals surface area (Å²) in [6.07, 6.45) is 0. The molecule has 6 nitrogen and oxygen atoms in total. The van der Waals surface area contributed by atoms with Crippen molar-refractivity contribution in [1.82, 2.24) is 0 Å². The first kappa shape index (κ1) is 19.6. The molecule has 3 aromatic rings. The van der Waals surface area contributed by atoms with Gasteiger partial charge in [0, 0.05) is 39.1 Å². The van der Waals surface area contributed by atoms with E-state index in [2.05, 4.69) is 5.32 Å². The first-order valence-electron chi connectivity index (χ1n) is 10.0. The van der Waals surface area contributed by atoms with Crippen LogP contribution in [0.25, 0.3) is 5.57 Å². The molecule has 1 amide bonds. The van der Waals surface area contributed by atoms with Gasteiger partial charge < -0.3 is 10.1 Å². The van der Waals surface area contributed by atoms with Gasteiger partial charge in [-0.2, -0.15) is 0 Å². The van der Waals surface area contributed by atoms with Gasteiger partial charge in [-0.25, -0.2) is 0 Å². The van der Waals surface area contributed by atoms with Crippen LogP contribution in [0.2, 0.25) is 0 Å². The molecule has 1 N–H and O–H groups in total. The molecule has 5 rings (SSSR count). The number of amides is 1. The van der Waals surface area contributed by atoms with Gasteiger partial charge in [0.05, 0.1) is 7.11 Å². The van der Waals surface area contributed by atoms with Crippen LogP contribution in [-0.2, 0) is 4.79 Å². The van der Waals surface area contributed by atoms with Crippen molar-refractivity contribution in [2.75, 3.05) is 12.4 Å². The van der Waals surface area contributed by atoms with E-state index in [-0.39, 0.29) is 33.6 Å². The van der Waals surface area contributed by atoms with Crippen molar-refractivity contribution in [3.63, 3.8) is 0 Å². The Morgan fingerprint density at radius 3 is 2.03 bits per heavy atom. The molecule has 0 spiro atoms. The molecule has 6 heteroatoms. The number of allylic oxidation sites excluding steroid dienone is 1. The van der Waals surface area contributed by atoms with Crippen molar-refractivity contribution in [1.29, 1.82) is 0 Å². The van der Waals surface area contributed by atoms with Gasteiger partial charge in [0.2, 0.25) is 5.91 Å². The molecule has 1 heterocycles. The number of rotatable bonds is 3. The minimum Gasteiger partial charge on any atom is -0.497 e. The lowest BCUT2D eigenvalue weighted by atomic mass is 9.75. The smallest absolute Gasteiger partial charge is 0.240 e. The number of ether oxygens (including phenoxy) is 1. The average Bonchev–Trinajstić information content (AvgIpc) is 2.96. The standard InChI is InChI=1S/C26H17NO5/c1-32-15-12-10-14(11-13-15)23(28)22-21-20(18-8-4-5-9-19(18)27-26(22)31)24(29)16-6-2-3-7-17(16)25(21)30/h2-13,22H,1H3,(H,27,31)/t22-/m0/s1. The molecule has 0 saturated heterocycles. The Morgan fingerprint density at radius 1 is 0.781 bits per heavy atom. The highest BCUT2D eigenvalue weighted by Gasteiger charge is 2.45. The molecule has 0 aromatic heterocycles. The van der Waals surface area contributed by atoms with Crippen LogP contribution in [0.3, 0.4) is 0 Å². The monoisotopic (exact) mass is 423 g/mol. The zero-order chi connectivity index (χ0) is 22.4. The second-order valence-corrected chi connectivity index (χ2v) is 7.55. The van der Waals surface area contributed by atoms with Crippen LogP contribution in [-0.4, -0.2) is 30.4 Å². The van der Waals surface area contributed by atoms with E-state index in [1.165, 1.54) is 19.2 Å². The number of benzene rings is 3. The largest absolute Gasteiger partial charge is 0.497 e. The Bertz CT molecular complexity index is 1350. The van der Waals surface area contributed by atoms with Gasteiger partial charge in [0.1, 0.15) is 11.7 Å². The summed E-state index contributed by atoms with van der Waals surface area (Å²) in [6.45, 7) is 0. The van der Waals surface area contributed by atoms with E-state index in [9.17, 15) is 19.2 Å². The van der Waals surface area contributed by atoms with Gasteiger partial charge in [-0.3, -0.25) is 19.2 Å². The molecule has 0 unspecified atom stereocenters. The highest BCUT2D eigenvalue weighted by molar-refractivity contribution is 6.44. The molecule has 1 aliphatic carbocycles. The molecule has 1 aliphatic heterocycles. The van der Waals surface area contributed by atoms with E-state index in [0.717, 1.165) is 0 Å². The van der Waals surface area contributed by atoms with Crippen LogP contribution in [0.15, 0.2) is 78.4 Å².